The molecule has 0 fully saturated rings. The van der Waals surface area contributed by atoms with E-state index in [1.165, 1.54) is 24.3 Å². The van der Waals surface area contributed by atoms with E-state index in [-0.39, 0.29) is 27.7 Å². The van der Waals surface area contributed by atoms with Gasteiger partial charge in [0.25, 0.3) is 10.0 Å². The van der Waals surface area contributed by atoms with Crippen LogP contribution in [0.5, 0.6) is 0 Å². The van der Waals surface area contributed by atoms with E-state index in [0.717, 1.165) is 31.2 Å². The van der Waals surface area contributed by atoms with Crippen LogP contribution in [0, 0.1) is 11.7 Å². The van der Waals surface area contributed by atoms with Gasteiger partial charge in [-0.2, -0.15) is 8.42 Å². The lowest BCUT2D eigenvalue weighted by atomic mass is 9.60. The Balaban J connectivity index is 1.85. The molecule has 2 aliphatic rings. The average Bonchev–Trinajstić information content (AvgIpc) is 2.83. The number of fused-ring (bicyclic) bond motifs is 2. The lowest BCUT2D eigenvalue weighted by Crippen LogP contribution is -2.52. The second-order valence-electron chi connectivity index (χ2n) is 9.80. The second kappa shape index (κ2) is 10.2. The molecule has 0 bridgehead atoms. The lowest BCUT2D eigenvalue weighted by Gasteiger charge is -2.41. The van der Waals surface area contributed by atoms with Gasteiger partial charge >= 0.3 is 0 Å². The molecule has 1 heterocycles. The van der Waals surface area contributed by atoms with Crippen LogP contribution in [0.1, 0.15) is 68.3 Å². The number of nitrogens with zero attached hydrogens (tertiary/aromatic N) is 1. The van der Waals surface area contributed by atoms with Crippen molar-refractivity contribution >= 4 is 48.8 Å². The maximum Gasteiger partial charge on any atom is 0.286 e. The lowest BCUT2D eigenvalue weighted by molar-refractivity contribution is -0.126. The van der Waals surface area contributed by atoms with Gasteiger partial charge in [0.2, 0.25) is 10.0 Å². The van der Waals surface area contributed by atoms with Crippen molar-refractivity contribution in [3.8, 4) is 0 Å². The first kappa shape index (κ1) is 27.9. The minimum Gasteiger partial charge on any atom is -0.341 e. The number of rotatable bonds is 9. The summed E-state index contributed by atoms with van der Waals surface area (Å²) < 4.78 is 69.9. The van der Waals surface area contributed by atoms with Gasteiger partial charge in [0.15, 0.2) is 11.6 Å². The van der Waals surface area contributed by atoms with Crippen LogP contribution in [0.2, 0.25) is 0 Å². The zero-order valence-corrected chi connectivity index (χ0v) is 23.0. The van der Waals surface area contributed by atoms with Crippen molar-refractivity contribution in [2.24, 2.45) is 10.3 Å². The molecule has 1 aliphatic heterocycles. The van der Waals surface area contributed by atoms with Crippen LogP contribution >= 0.6 is 0 Å². The molecule has 12 heteroatoms. The number of Topliss-reactive ketones (excluding diaryl/α,β-unsaturated/α-hetero) is 2. The summed E-state index contributed by atoms with van der Waals surface area (Å²) in [7, 11) is -8.07. The van der Waals surface area contributed by atoms with Crippen molar-refractivity contribution in [3.05, 3.63) is 53.3 Å². The zero-order chi connectivity index (χ0) is 27.9. The van der Waals surface area contributed by atoms with Gasteiger partial charge in [0.05, 0.1) is 17.4 Å². The molecule has 0 spiro atoms. The molecule has 1 aliphatic carbocycles. The minimum atomic E-state index is -4.41. The van der Waals surface area contributed by atoms with E-state index < -0.39 is 48.8 Å². The molecule has 4 rings (SSSR count). The van der Waals surface area contributed by atoms with Crippen molar-refractivity contribution in [1.82, 2.24) is 0 Å². The summed E-state index contributed by atoms with van der Waals surface area (Å²) in [6.07, 6.45) is 4.75. The van der Waals surface area contributed by atoms with Gasteiger partial charge in [-0.3, -0.25) is 14.3 Å². The van der Waals surface area contributed by atoms with Gasteiger partial charge in [0.1, 0.15) is 22.5 Å². The fourth-order valence-electron chi connectivity index (χ4n) is 5.25. The molecule has 0 aromatic heterocycles. The van der Waals surface area contributed by atoms with E-state index in [9.17, 15) is 30.8 Å². The molecule has 0 saturated carbocycles. The summed E-state index contributed by atoms with van der Waals surface area (Å²) >= 11 is 0. The fourth-order valence-corrected chi connectivity index (χ4v) is 6.98. The molecule has 1 atom stereocenters. The van der Waals surface area contributed by atoms with Crippen LogP contribution in [0.25, 0.3) is 0 Å². The van der Waals surface area contributed by atoms with E-state index in [2.05, 4.69) is 14.4 Å². The van der Waals surface area contributed by atoms with Crippen molar-refractivity contribution in [2.45, 2.75) is 62.7 Å². The molecule has 2 N–H and O–H groups in total. The number of benzene rings is 2. The number of sulfonamides is 2. The fraction of sp³-hybridized carbons (Fsp3) is 0.423. The van der Waals surface area contributed by atoms with Gasteiger partial charge in [0, 0.05) is 11.3 Å². The molecule has 38 heavy (non-hydrogen) atoms. The first-order valence-corrected chi connectivity index (χ1v) is 15.8. The topological polar surface area (TPSA) is 139 Å². The first-order chi connectivity index (χ1) is 17.8. The average molecular weight is 564 g/mol. The van der Waals surface area contributed by atoms with Crippen LogP contribution in [0.3, 0.4) is 0 Å². The molecular formula is C26H30FN3O6S2. The summed E-state index contributed by atoms with van der Waals surface area (Å²) in [5.41, 5.74) is -0.494. The molecule has 1 unspecified atom stereocenters. The van der Waals surface area contributed by atoms with E-state index in [1.54, 1.807) is 0 Å². The Morgan fingerprint density at radius 2 is 1.71 bits per heavy atom. The highest BCUT2D eigenvalue weighted by atomic mass is 32.2. The van der Waals surface area contributed by atoms with E-state index >= 15 is 0 Å². The molecule has 2 aromatic carbocycles. The largest absolute Gasteiger partial charge is 0.341 e. The van der Waals surface area contributed by atoms with E-state index in [0.29, 0.717) is 31.2 Å². The number of nitrogens with one attached hydrogen (secondary N) is 2. The van der Waals surface area contributed by atoms with Crippen LogP contribution in [-0.2, 0) is 30.3 Å². The normalized spacial score (nSPS) is 19.7. The van der Waals surface area contributed by atoms with Crippen LogP contribution in [0.15, 0.2) is 45.7 Å². The second-order valence-corrected chi connectivity index (χ2v) is 13.1. The van der Waals surface area contributed by atoms with Crippen molar-refractivity contribution < 1.29 is 30.8 Å². The maximum absolute atomic E-state index is 14.3. The van der Waals surface area contributed by atoms with Crippen LogP contribution < -0.4 is 10.0 Å². The highest BCUT2D eigenvalue weighted by Gasteiger charge is 2.53. The minimum absolute atomic E-state index is 0.0163. The summed E-state index contributed by atoms with van der Waals surface area (Å²) in [4.78, 5) is 27.6. The quantitative estimate of drug-likeness (QED) is 0.431. The third-order valence-corrected chi connectivity index (χ3v) is 8.93. The number of halogens is 1. The highest BCUT2D eigenvalue weighted by molar-refractivity contribution is 7.92. The summed E-state index contributed by atoms with van der Waals surface area (Å²) in [6.45, 7) is 3.97. The predicted octanol–water partition coefficient (Wildman–Crippen LogP) is 4.41. The number of unbranched alkanes of at least 4 members (excludes halogenated alkanes) is 2. The molecule has 0 saturated heterocycles. The summed E-state index contributed by atoms with van der Waals surface area (Å²) in [5.74, 6) is -3.71. The summed E-state index contributed by atoms with van der Waals surface area (Å²) in [6, 6.07) is 7.65. The molecule has 0 amide bonds. The number of ketones is 2. The van der Waals surface area contributed by atoms with Gasteiger partial charge < -0.3 is 5.32 Å². The molecule has 0 radical (unpaired) electrons. The standard InChI is InChI=1S/C26H30FN3O6S2/c1-4-6-12-26(13-7-5-2)19-10-8-16(27)14-18(19)23(31)22(24(26)32)25-28-20-11-9-17(29-37(3,33)34)15-21(20)38(35,36)30-25/h8-11,14-15,22,29H,4-7,12-13H2,1-3H3,(H,28,30). The number of carbonyl (C=O) groups is 2. The van der Waals surface area contributed by atoms with Crippen molar-refractivity contribution in [1.29, 1.82) is 0 Å². The smallest absolute Gasteiger partial charge is 0.286 e. The number of hydrogen-bond donors (Lipinski definition) is 2. The maximum atomic E-state index is 14.3. The monoisotopic (exact) mass is 563 g/mol. The third-order valence-electron chi connectivity index (χ3n) is 6.99. The molecule has 2 aromatic rings. The molecule has 9 nitrogen and oxygen atoms in total. The Hall–Kier alpha value is -3.12. The van der Waals surface area contributed by atoms with Gasteiger partial charge in [-0.25, -0.2) is 12.8 Å². The Morgan fingerprint density at radius 3 is 2.32 bits per heavy atom. The number of hydrogen-bond acceptors (Lipinski definition) is 7. The SMILES string of the molecule is CCCCC1(CCCC)C(=O)C(C2=NS(=O)(=O)c3cc(NS(C)(=O)=O)ccc3N2)C(=O)c2cc(F)ccc21. The zero-order valence-electron chi connectivity index (χ0n) is 21.4. The number of anilines is 2. The summed E-state index contributed by atoms with van der Waals surface area (Å²) in [5, 5.41) is 2.83. The van der Waals surface area contributed by atoms with Gasteiger partial charge in [-0.15, -0.1) is 4.40 Å². The number of carbonyl (C=O) groups excluding carboxylic acids is 2. The Kier molecular flexibility index (Phi) is 7.50. The Bertz CT molecular complexity index is 1540. The molecule has 204 valence electrons. The van der Waals surface area contributed by atoms with Crippen LogP contribution in [0.4, 0.5) is 15.8 Å². The van der Waals surface area contributed by atoms with Gasteiger partial charge in [-0.05, 0) is 48.7 Å². The van der Waals surface area contributed by atoms with Crippen LogP contribution in [-0.4, -0.2) is 40.5 Å². The number of amidine groups is 1. The molecular weight excluding hydrogens is 533 g/mol. The van der Waals surface area contributed by atoms with Gasteiger partial charge in [-0.1, -0.05) is 45.6 Å². The van der Waals surface area contributed by atoms with E-state index in [1.807, 2.05) is 13.8 Å². The van der Waals surface area contributed by atoms with Crippen molar-refractivity contribution in [2.75, 3.05) is 16.3 Å². The predicted molar refractivity (Wildman–Crippen MR) is 143 cm³/mol. The van der Waals surface area contributed by atoms with Crippen molar-refractivity contribution in [3.63, 3.8) is 0 Å². The third kappa shape index (κ3) is 5.11. The first-order valence-electron chi connectivity index (χ1n) is 12.4. The van der Waals surface area contributed by atoms with E-state index in [4.69, 9.17) is 0 Å². The Labute approximate surface area is 222 Å². The highest BCUT2D eigenvalue weighted by Crippen LogP contribution is 2.46. The Morgan fingerprint density at radius 1 is 1.05 bits per heavy atom.